The molecule has 0 aromatic carbocycles. The SMILES string of the molecule is COC(=O)CCCNC(=O)c1cscn1. The van der Waals surface area contributed by atoms with Crippen LogP contribution in [0.5, 0.6) is 0 Å². The normalized spacial score (nSPS) is 9.67. The van der Waals surface area contributed by atoms with Gasteiger partial charge in [0.15, 0.2) is 0 Å². The number of aromatic nitrogens is 1. The molecular formula is C9H12N2O3S. The maximum atomic E-state index is 11.3. The Morgan fingerprint density at radius 3 is 3.00 bits per heavy atom. The highest BCUT2D eigenvalue weighted by Gasteiger charge is 2.06. The first-order valence-corrected chi connectivity index (χ1v) is 5.41. The number of carbonyl (C=O) groups is 2. The Labute approximate surface area is 91.5 Å². The molecule has 0 atom stereocenters. The van der Waals surface area contributed by atoms with Crippen molar-refractivity contribution in [1.29, 1.82) is 0 Å². The first-order chi connectivity index (χ1) is 7.24. The fourth-order valence-electron chi connectivity index (χ4n) is 0.952. The van der Waals surface area contributed by atoms with Gasteiger partial charge >= 0.3 is 5.97 Å². The predicted molar refractivity (Wildman–Crippen MR) is 55.7 cm³/mol. The Bertz CT molecular complexity index is 324. The lowest BCUT2D eigenvalue weighted by Crippen LogP contribution is -2.25. The average molecular weight is 228 g/mol. The number of hydrogen-bond acceptors (Lipinski definition) is 5. The topological polar surface area (TPSA) is 68.3 Å². The molecule has 1 amide bonds. The van der Waals surface area contributed by atoms with Gasteiger partial charge in [0.2, 0.25) is 0 Å². The molecule has 1 rings (SSSR count). The molecule has 15 heavy (non-hydrogen) atoms. The minimum absolute atomic E-state index is 0.207. The van der Waals surface area contributed by atoms with Gasteiger partial charge in [-0.25, -0.2) is 4.98 Å². The van der Waals surface area contributed by atoms with Gasteiger partial charge in [-0.15, -0.1) is 11.3 Å². The molecule has 1 aromatic heterocycles. The molecule has 0 radical (unpaired) electrons. The summed E-state index contributed by atoms with van der Waals surface area (Å²) in [4.78, 5) is 25.9. The highest BCUT2D eigenvalue weighted by atomic mass is 32.1. The van der Waals surface area contributed by atoms with E-state index in [9.17, 15) is 9.59 Å². The van der Waals surface area contributed by atoms with Gasteiger partial charge in [-0.2, -0.15) is 0 Å². The smallest absolute Gasteiger partial charge is 0.305 e. The number of thiazole rings is 1. The number of carbonyl (C=O) groups excluding carboxylic acids is 2. The minimum atomic E-state index is -0.266. The van der Waals surface area contributed by atoms with Crippen molar-refractivity contribution in [2.24, 2.45) is 0 Å². The zero-order chi connectivity index (χ0) is 11.1. The number of amides is 1. The molecule has 0 saturated heterocycles. The highest BCUT2D eigenvalue weighted by molar-refractivity contribution is 7.07. The molecule has 0 bridgehead atoms. The summed E-state index contributed by atoms with van der Waals surface area (Å²) in [7, 11) is 1.34. The summed E-state index contributed by atoms with van der Waals surface area (Å²) in [6.07, 6.45) is 0.885. The molecule has 0 saturated carbocycles. The first kappa shape index (κ1) is 11.6. The summed E-state index contributed by atoms with van der Waals surface area (Å²) in [6.45, 7) is 0.450. The highest BCUT2D eigenvalue weighted by Crippen LogP contribution is 2.00. The number of rotatable bonds is 5. The lowest BCUT2D eigenvalue weighted by molar-refractivity contribution is -0.140. The summed E-state index contributed by atoms with van der Waals surface area (Å²) in [5, 5.41) is 4.34. The second-order valence-corrected chi connectivity index (χ2v) is 3.53. The van der Waals surface area contributed by atoms with E-state index in [1.165, 1.54) is 18.4 Å². The van der Waals surface area contributed by atoms with Crippen LogP contribution in [0.3, 0.4) is 0 Å². The number of nitrogens with zero attached hydrogens (tertiary/aromatic N) is 1. The number of esters is 1. The molecule has 0 aliphatic heterocycles. The molecule has 0 unspecified atom stereocenters. The van der Waals surface area contributed by atoms with Gasteiger partial charge in [0.25, 0.3) is 5.91 Å². The van der Waals surface area contributed by atoms with Gasteiger partial charge in [0.05, 0.1) is 12.6 Å². The Morgan fingerprint density at radius 1 is 1.60 bits per heavy atom. The van der Waals surface area contributed by atoms with Crippen molar-refractivity contribution in [1.82, 2.24) is 10.3 Å². The second kappa shape index (κ2) is 6.13. The second-order valence-electron chi connectivity index (χ2n) is 2.81. The Kier molecular flexibility index (Phi) is 4.76. The van der Waals surface area contributed by atoms with E-state index in [1.54, 1.807) is 10.9 Å². The van der Waals surface area contributed by atoms with Gasteiger partial charge in [-0.05, 0) is 6.42 Å². The molecule has 5 nitrogen and oxygen atoms in total. The monoisotopic (exact) mass is 228 g/mol. The van der Waals surface area contributed by atoms with Crippen LogP contribution in [0.2, 0.25) is 0 Å². The van der Waals surface area contributed by atoms with Crippen LogP contribution >= 0.6 is 11.3 Å². The predicted octanol–water partition coefficient (Wildman–Crippen LogP) is 0.826. The molecule has 1 heterocycles. The van der Waals surface area contributed by atoms with E-state index >= 15 is 0 Å². The summed E-state index contributed by atoms with van der Waals surface area (Å²) in [5.74, 6) is -0.473. The van der Waals surface area contributed by atoms with Gasteiger partial charge < -0.3 is 10.1 Å². The van der Waals surface area contributed by atoms with Gasteiger partial charge in [-0.1, -0.05) is 0 Å². The van der Waals surface area contributed by atoms with Crippen LogP contribution in [-0.4, -0.2) is 30.5 Å². The molecule has 0 fully saturated rings. The van der Waals surface area contributed by atoms with Crippen molar-refractivity contribution in [2.45, 2.75) is 12.8 Å². The van der Waals surface area contributed by atoms with Crippen LogP contribution in [0.1, 0.15) is 23.3 Å². The van der Waals surface area contributed by atoms with Crippen LogP contribution in [-0.2, 0) is 9.53 Å². The van der Waals surface area contributed by atoms with E-state index in [2.05, 4.69) is 15.0 Å². The quantitative estimate of drug-likeness (QED) is 0.598. The Hall–Kier alpha value is -1.43. The van der Waals surface area contributed by atoms with Crippen molar-refractivity contribution >= 4 is 23.2 Å². The van der Waals surface area contributed by atoms with E-state index in [0.29, 0.717) is 25.1 Å². The van der Waals surface area contributed by atoms with E-state index in [4.69, 9.17) is 0 Å². The number of ether oxygens (including phenoxy) is 1. The molecular weight excluding hydrogens is 216 g/mol. The summed E-state index contributed by atoms with van der Waals surface area (Å²) in [6, 6.07) is 0. The third-order valence-corrected chi connectivity index (χ3v) is 2.32. The number of methoxy groups -OCH3 is 1. The molecule has 0 aliphatic carbocycles. The summed E-state index contributed by atoms with van der Waals surface area (Å²) >= 11 is 1.37. The van der Waals surface area contributed by atoms with E-state index in [1.807, 2.05) is 0 Å². The van der Waals surface area contributed by atoms with Crippen molar-refractivity contribution in [3.8, 4) is 0 Å². The minimum Gasteiger partial charge on any atom is -0.469 e. The maximum absolute atomic E-state index is 11.3. The van der Waals surface area contributed by atoms with Crippen molar-refractivity contribution < 1.29 is 14.3 Å². The molecule has 1 N–H and O–H groups in total. The van der Waals surface area contributed by atoms with Crippen molar-refractivity contribution in [3.05, 3.63) is 16.6 Å². The van der Waals surface area contributed by atoms with Gasteiger partial charge in [0, 0.05) is 18.3 Å². The first-order valence-electron chi connectivity index (χ1n) is 4.47. The van der Waals surface area contributed by atoms with Gasteiger partial charge in [-0.3, -0.25) is 9.59 Å². The number of hydrogen-bond donors (Lipinski definition) is 1. The van der Waals surface area contributed by atoms with Crippen LogP contribution < -0.4 is 5.32 Å². The van der Waals surface area contributed by atoms with Crippen LogP contribution in [0.15, 0.2) is 10.9 Å². The van der Waals surface area contributed by atoms with E-state index < -0.39 is 0 Å². The van der Waals surface area contributed by atoms with E-state index in [0.717, 1.165) is 0 Å². The lowest BCUT2D eigenvalue weighted by Gasteiger charge is -2.02. The maximum Gasteiger partial charge on any atom is 0.305 e. The molecule has 6 heteroatoms. The average Bonchev–Trinajstić information content (AvgIpc) is 2.77. The Balaban J connectivity index is 2.16. The molecule has 0 spiro atoms. The third-order valence-electron chi connectivity index (χ3n) is 1.74. The molecule has 1 aromatic rings. The van der Waals surface area contributed by atoms with E-state index in [-0.39, 0.29) is 11.9 Å². The largest absolute Gasteiger partial charge is 0.469 e. The third kappa shape index (κ3) is 4.07. The zero-order valence-electron chi connectivity index (χ0n) is 8.36. The molecule has 0 aliphatic rings. The summed E-state index contributed by atoms with van der Waals surface area (Å²) < 4.78 is 4.47. The van der Waals surface area contributed by atoms with Crippen LogP contribution in [0, 0.1) is 0 Å². The van der Waals surface area contributed by atoms with Crippen molar-refractivity contribution in [2.75, 3.05) is 13.7 Å². The fourth-order valence-corrected chi connectivity index (χ4v) is 1.48. The van der Waals surface area contributed by atoms with Crippen molar-refractivity contribution in [3.63, 3.8) is 0 Å². The summed E-state index contributed by atoms with van der Waals surface area (Å²) in [5.41, 5.74) is 2.02. The number of nitrogens with one attached hydrogen (secondary N) is 1. The lowest BCUT2D eigenvalue weighted by atomic mass is 10.3. The molecule has 82 valence electrons. The zero-order valence-corrected chi connectivity index (χ0v) is 9.17. The van der Waals surface area contributed by atoms with Crippen LogP contribution in [0.4, 0.5) is 0 Å². The fraction of sp³-hybridized carbons (Fsp3) is 0.444. The standard InChI is InChI=1S/C9H12N2O3S/c1-14-8(12)3-2-4-10-9(13)7-5-15-6-11-7/h5-6H,2-4H2,1H3,(H,10,13). The van der Waals surface area contributed by atoms with Crippen LogP contribution in [0.25, 0.3) is 0 Å². The Morgan fingerprint density at radius 2 is 2.40 bits per heavy atom. The van der Waals surface area contributed by atoms with Gasteiger partial charge in [0.1, 0.15) is 5.69 Å².